The summed E-state index contributed by atoms with van der Waals surface area (Å²) in [6.45, 7) is 5.69. The number of aromatic nitrogens is 5. The van der Waals surface area contributed by atoms with Gasteiger partial charge >= 0.3 is 0 Å². The Morgan fingerprint density at radius 2 is 1.82 bits per heavy atom. The van der Waals surface area contributed by atoms with Crippen LogP contribution in [0.2, 0.25) is 5.02 Å². The largest absolute Gasteiger partial charge is 0.421 e. The molecule has 0 bridgehead atoms. The predicted molar refractivity (Wildman–Crippen MR) is 132 cm³/mol. The average Bonchev–Trinajstić information content (AvgIpc) is 3.42. The third-order valence-electron chi connectivity index (χ3n) is 5.24. The molecule has 5 rings (SSSR count). The van der Waals surface area contributed by atoms with Crippen molar-refractivity contribution in [1.29, 1.82) is 0 Å². The van der Waals surface area contributed by atoms with Crippen molar-refractivity contribution < 1.29 is 9.52 Å². The first-order chi connectivity index (χ1) is 16.2. The zero-order valence-corrected chi connectivity index (χ0v) is 19.7. The van der Waals surface area contributed by atoms with Gasteiger partial charge in [-0.3, -0.25) is 4.68 Å². The molecule has 9 heteroatoms. The average molecular weight is 475 g/mol. The Kier molecular flexibility index (Phi) is 5.55. The second-order valence-electron chi connectivity index (χ2n) is 8.82. The Morgan fingerprint density at radius 3 is 2.56 bits per heavy atom. The molecular formula is C25H23ClN6O2. The van der Waals surface area contributed by atoms with Crippen molar-refractivity contribution >= 4 is 33.9 Å². The van der Waals surface area contributed by atoms with Crippen LogP contribution in [0.25, 0.3) is 33.4 Å². The van der Waals surface area contributed by atoms with E-state index in [0.29, 0.717) is 29.2 Å². The van der Waals surface area contributed by atoms with Crippen molar-refractivity contribution in [2.45, 2.75) is 32.9 Å². The molecule has 0 fully saturated rings. The summed E-state index contributed by atoms with van der Waals surface area (Å²) in [6.07, 6.45) is 5.56. The molecule has 3 aromatic heterocycles. The molecule has 0 aliphatic carbocycles. The van der Waals surface area contributed by atoms with E-state index in [1.54, 1.807) is 37.7 Å². The molecule has 5 aromatic rings. The maximum Gasteiger partial charge on any atom is 0.247 e. The van der Waals surface area contributed by atoms with Gasteiger partial charge < -0.3 is 14.8 Å². The van der Waals surface area contributed by atoms with Crippen LogP contribution in [-0.2, 0) is 6.54 Å². The predicted octanol–water partition coefficient (Wildman–Crippen LogP) is 5.62. The Bertz CT molecular complexity index is 1480. The standard InChI is InChI=1S/C25H23ClN6O2/c1-15-30-31-24(34-15)17-6-7-22(21(26)9-17)29-23-10-19-8-16(4-5-18(19)11-27-23)20-12-28-32(13-20)14-25(2,3)33/h4-13,33H,14H2,1-3H3,(H,27,29). The second kappa shape index (κ2) is 8.55. The minimum Gasteiger partial charge on any atom is -0.421 e. The summed E-state index contributed by atoms with van der Waals surface area (Å²) in [5, 5.41) is 28.2. The molecule has 2 aromatic carbocycles. The summed E-state index contributed by atoms with van der Waals surface area (Å²) in [5.74, 6) is 1.59. The van der Waals surface area contributed by atoms with Crippen LogP contribution in [0.15, 0.2) is 65.5 Å². The van der Waals surface area contributed by atoms with E-state index < -0.39 is 5.60 Å². The minimum atomic E-state index is -0.831. The van der Waals surface area contributed by atoms with Crippen molar-refractivity contribution in [2.75, 3.05) is 5.32 Å². The number of aliphatic hydroxyl groups is 1. The van der Waals surface area contributed by atoms with Crippen LogP contribution in [0.4, 0.5) is 11.5 Å². The molecule has 0 saturated carbocycles. The van der Waals surface area contributed by atoms with Crippen LogP contribution >= 0.6 is 11.6 Å². The van der Waals surface area contributed by atoms with Gasteiger partial charge in [-0.05, 0) is 55.1 Å². The number of hydrogen-bond acceptors (Lipinski definition) is 7. The first kappa shape index (κ1) is 22.1. The van der Waals surface area contributed by atoms with Gasteiger partial charge in [-0.2, -0.15) is 5.10 Å². The number of pyridine rings is 1. The van der Waals surface area contributed by atoms with Crippen molar-refractivity contribution in [2.24, 2.45) is 0 Å². The van der Waals surface area contributed by atoms with E-state index in [1.807, 2.05) is 42.7 Å². The Balaban J connectivity index is 1.40. The number of benzene rings is 2. The molecule has 2 N–H and O–H groups in total. The number of nitrogens with zero attached hydrogens (tertiary/aromatic N) is 5. The van der Waals surface area contributed by atoms with Crippen LogP contribution in [0.3, 0.4) is 0 Å². The Hall–Kier alpha value is -3.75. The first-order valence-corrected chi connectivity index (χ1v) is 11.1. The molecule has 0 saturated heterocycles. The van der Waals surface area contributed by atoms with Gasteiger partial charge in [-0.15, -0.1) is 10.2 Å². The third kappa shape index (κ3) is 4.78. The number of fused-ring (bicyclic) bond motifs is 1. The molecule has 0 aliphatic heterocycles. The summed E-state index contributed by atoms with van der Waals surface area (Å²) in [6, 6.07) is 13.6. The highest BCUT2D eigenvalue weighted by molar-refractivity contribution is 6.33. The van der Waals surface area contributed by atoms with Crippen molar-refractivity contribution in [3.05, 3.63) is 72.0 Å². The fourth-order valence-corrected chi connectivity index (χ4v) is 3.91. The zero-order chi connectivity index (χ0) is 23.9. The van der Waals surface area contributed by atoms with Crippen LogP contribution in [0.1, 0.15) is 19.7 Å². The number of halogens is 1. The van der Waals surface area contributed by atoms with Gasteiger partial charge in [0.15, 0.2) is 0 Å². The monoisotopic (exact) mass is 474 g/mol. The van der Waals surface area contributed by atoms with Crippen molar-refractivity contribution in [3.63, 3.8) is 0 Å². The van der Waals surface area contributed by atoms with Crippen molar-refractivity contribution in [1.82, 2.24) is 25.0 Å². The maximum atomic E-state index is 10.0. The molecule has 0 radical (unpaired) electrons. The minimum absolute atomic E-state index is 0.421. The molecule has 0 atom stereocenters. The van der Waals surface area contributed by atoms with Gasteiger partial charge in [0.25, 0.3) is 0 Å². The summed E-state index contributed by atoms with van der Waals surface area (Å²) in [4.78, 5) is 4.52. The topological polar surface area (TPSA) is 102 Å². The number of hydrogen-bond donors (Lipinski definition) is 2. The van der Waals surface area contributed by atoms with E-state index in [1.165, 1.54) is 0 Å². The summed E-state index contributed by atoms with van der Waals surface area (Å²) >= 11 is 6.50. The smallest absolute Gasteiger partial charge is 0.247 e. The Labute approximate surface area is 201 Å². The highest BCUT2D eigenvalue weighted by Gasteiger charge is 2.15. The van der Waals surface area contributed by atoms with E-state index >= 15 is 0 Å². The van der Waals surface area contributed by atoms with Crippen LogP contribution in [0.5, 0.6) is 0 Å². The Morgan fingerprint density at radius 1 is 1.00 bits per heavy atom. The molecule has 34 heavy (non-hydrogen) atoms. The molecule has 0 aliphatic rings. The molecule has 8 nitrogen and oxygen atoms in total. The highest BCUT2D eigenvalue weighted by atomic mass is 35.5. The number of anilines is 2. The second-order valence-corrected chi connectivity index (χ2v) is 9.22. The lowest BCUT2D eigenvalue weighted by Gasteiger charge is -2.16. The SMILES string of the molecule is Cc1nnc(-c2ccc(Nc3cc4cc(-c5cnn(CC(C)(C)O)c5)ccc4cn3)c(Cl)c2)o1. The lowest BCUT2D eigenvalue weighted by atomic mass is 10.0. The summed E-state index contributed by atoms with van der Waals surface area (Å²) < 4.78 is 7.22. The van der Waals surface area contributed by atoms with Crippen LogP contribution in [0, 0.1) is 6.92 Å². The molecule has 3 heterocycles. The summed E-state index contributed by atoms with van der Waals surface area (Å²) in [7, 11) is 0. The lowest BCUT2D eigenvalue weighted by Crippen LogP contribution is -2.26. The van der Waals surface area contributed by atoms with Crippen LogP contribution in [-0.4, -0.2) is 35.7 Å². The van der Waals surface area contributed by atoms with E-state index in [-0.39, 0.29) is 0 Å². The number of rotatable bonds is 6. The van der Waals surface area contributed by atoms with E-state index in [0.717, 1.165) is 33.2 Å². The molecule has 0 unspecified atom stereocenters. The quantitative estimate of drug-likeness (QED) is 0.329. The van der Waals surface area contributed by atoms with Crippen molar-refractivity contribution in [3.8, 4) is 22.6 Å². The van der Waals surface area contributed by atoms with E-state index in [2.05, 4.69) is 31.7 Å². The fourth-order valence-electron chi connectivity index (χ4n) is 3.69. The number of aryl methyl sites for hydroxylation is 1. The van der Waals surface area contributed by atoms with E-state index in [9.17, 15) is 5.11 Å². The van der Waals surface area contributed by atoms with Gasteiger partial charge in [-0.1, -0.05) is 23.7 Å². The van der Waals surface area contributed by atoms with E-state index in [4.69, 9.17) is 16.0 Å². The lowest BCUT2D eigenvalue weighted by molar-refractivity contribution is 0.0577. The first-order valence-electron chi connectivity index (χ1n) is 10.8. The fraction of sp³-hybridized carbons (Fsp3) is 0.200. The molecule has 172 valence electrons. The number of nitrogens with one attached hydrogen (secondary N) is 1. The third-order valence-corrected chi connectivity index (χ3v) is 5.55. The van der Waals surface area contributed by atoms with Gasteiger partial charge in [0.1, 0.15) is 5.82 Å². The maximum absolute atomic E-state index is 10.0. The van der Waals surface area contributed by atoms with Gasteiger partial charge in [0, 0.05) is 35.8 Å². The molecule has 0 amide bonds. The van der Waals surface area contributed by atoms with Crippen LogP contribution < -0.4 is 5.32 Å². The normalized spacial score (nSPS) is 11.8. The van der Waals surface area contributed by atoms with Gasteiger partial charge in [-0.25, -0.2) is 4.98 Å². The zero-order valence-electron chi connectivity index (χ0n) is 19.0. The molecular weight excluding hydrogens is 452 g/mol. The highest BCUT2D eigenvalue weighted by Crippen LogP contribution is 2.31. The summed E-state index contributed by atoms with van der Waals surface area (Å²) in [5.41, 5.74) is 2.65. The molecule has 0 spiro atoms. The van der Waals surface area contributed by atoms with Gasteiger partial charge in [0.2, 0.25) is 11.8 Å². The van der Waals surface area contributed by atoms with Gasteiger partial charge in [0.05, 0.1) is 29.1 Å².